The fraction of sp³-hybridized carbons (Fsp3) is 0.562. The number of carbonyl (C=O) groups excluding carboxylic acids is 1. The Bertz CT molecular complexity index is 453. The van der Waals surface area contributed by atoms with E-state index < -0.39 is 0 Å². The molecule has 1 fully saturated rings. The molecule has 4 heteroatoms. The lowest BCUT2D eigenvalue weighted by atomic mass is 10.0. The molecule has 1 aliphatic rings. The molecule has 0 radical (unpaired) electrons. The van der Waals surface area contributed by atoms with Crippen molar-refractivity contribution in [3.8, 4) is 0 Å². The number of aryl methyl sites for hydroxylation is 2. The van der Waals surface area contributed by atoms with Crippen molar-refractivity contribution < 1.29 is 4.79 Å². The lowest BCUT2D eigenvalue weighted by Gasteiger charge is -2.35. The molecule has 20 heavy (non-hydrogen) atoms. The van der Waals surface area contributed by atoms with Gasteiger partial charge in [0.1, 0.15) is 6.04 Å². The molecule has 0 aliphatic carbocycles. The minimum atomic E-state index is -0.0669. The number of rotatable bonds is 4. The average Bonchev–Trinajstić information content (AvgIpc) is 2.44. The number of amides is 1. The second kappa shape index (κ2) is 6.86. The molecule has 110 valence electrons. The van der Waals surface area contributed by atoms with Crippen LogP contribution in [0.1, 0.15) is 23.6 Å². The molecular weight excluding hydrogens is 250 g/mol. The van der Waals surface area contributed by atoms with Gasteiger partial charge >= 0.3 is 0 Å². The van der Waals surface area contributed by atoms with Crippen molar-refractivity contribution in [2.24, 2.45) is 0 Å². The highest BCUT2D eigenvalue weighted by atomic mass is 16.2. The Balaban J connectivity index is 2.14. The van der Waals surface area contributed by atoms with E-state index in [1.807, 2.05) is 6.92 Å². The molecule has 1 aliphatic heterocycles. The van der Waals surface area contributed by atoms with Gasteiger partial charge in [-0.15, -0.1) is 0 Å². The molecule has 1 heterocycles. The second-order valence-corrected chi connectivity index (χ2v) is 5.46. The number of nitrogens with zero attached hydrogens (tertiary/aromatic N) is 1. The summed E-state index contributed by atoms with van der Waals surface area (Å²) in [6, 6.07) is 6.31. The Morgan fingerprint density at radius 2 is 2.10 bits per heavy atom. The van der Waals surface area contributed by atoms with Gasteiger partial charge in [0.25, 0.3) is 0 Å². The van der Waals surface area contributed by atoms with E-state index in [0.29, 0.717) is 6.54 Å². The minimum absolute atomic E-state index is 0.0669. The SMILES string of the molecule is CCNC(=O)C1CNCCN1Cc1c(C)cccc1C. The maximum Gasteiger partial charge on any atom is 0.238 e. The van der Waals surface area contributed by atoms with E-state index in [0.717, 1.165) is 26.2 Å². The summed E-state index contributed by atoms with van der Waals surface area (Å²) in [7, 11) is 0. The van der Waals surface area contributed by atoms with Gasteiger partial charge in [0, 0.05) is 32.7 Å². The van der Waals surface area contributed by atoms with E-state index in [9.17, 15) is 4.79 Å². The first-order valence-electron chi connectivity index (χ1n) is 7.41. The van der Waals surface area contributed by atoms with Crippen molar-refractivity contribution in [2.75, 3.05) is 26.2 Å². The van der Waals surface area contributed by atoms with E-state index in [2.05, 4.69) is 47.6 Å². The smallest absolute Gasteiger partial charge is 0.238 e. The fourth-order valence-electron chi connectivity index (χ4n) is 2.79. The highest BCUT2D eigenvalue weighted by molar-refractivity contribution is 5.82. The van der Waals surface area contributed by atoms with Crippen LogP contribution in [0.2, 0.25) is 0 Å². The van der Waals surface area contributed by atoms with Gasteiger partial charge in [0.15, 0.2) is 0 Å². The number of piperazine rings is 1. The third-order valence-corrected chi connectivity index (χ3v) is 4.01. The van der Waals surface area contributed by atoms with Crippen LogP contribution in [0.25, 0.3) is 0 Å². The molecule has 1 atom stereocenters. The van der Waals surface area contributed by atoms with Crippen molar-refractivity contribution in [1.82, 2.24) is 15.5 Å². The standard InChI is InChI=1S/C16H25N3O/c1-4-18-16(20)15-10-17-8-9-19(15)11-14-12(2)6-5-7-13(14)3/h5-7,15,17H,4,8-11H2,1-3H3,(H,18,20). The van der Waals surface area contributed by atoms with Gasteiger partial charge in [-0.05, 0) is 37.5 Å². The van der Waals surface area contributed by atoms with E-state index in [1.165, 1.54) is 16.7 Å². The van der Waals surface area contributed by atoms with Crippen LogP contribution in [0.3, 0.4) is 0 Å². The molecule has 1 unspecified atom stereocenters. The number of likely N-dealkylation sites (N-methyl/N-ethyl adjacent to an activating group) is 1. The van der Waals surface area contributed by atoms with Gasteiger partial charge in [-0.1, -0.05) is 18.2 Å². The highest BCUT2D eigenvalue weighted by Gasteiger charge is 2.28. The third-order valence-electron chi connectivity index (χ3n) is 4.01. The molecule has 0 aromatic heterocycles. The van der Waals surface area contributed by atoms with Gasteiger partial charge in [0.2, 0.25) is 5.91 Å². The lowest BCUT2D eigenvalue weighted by molar-refractivity contribution is -0.127. The quantitative estimate of drug-likeness (QED) is 0.868. The Hall–Kier alpha value is -1.39. The first kappa shape index (κ1) is 15.0. The number of hydrogen-bond donors (Lipinski definition) is 2. The van der Waals surface area contributed by atoms with Crippen LogP contribution < -0.4 is 10.6 Å². The summed E-state index contributed by atoms with van der Waals surface area (Å²) in [5.41, 5.74) is 3.96. The van der Waals surface area contributed by atoms with Gasteiger partial charge in [-0.2, -0.15) is 0 Å². The Labute approximate surface area is 121 Å². The van der Waals surface area contributed by atoms with Crippen molar-refractivity contribution in [3.05, 3.63) is 34.9 Å². The molecule has 1 aromatic rings. The topological polar surface area (TPSA) is 44.4 Å². The average molecular weight is 275 g/mol. The number of hydrogen-bond acceptors (Lipinski definition) is 3. The number of carbonyl (C=O) groups is 1. The van der Waals surface area contributed by atoms with Crippen LogP contribution in [0.5, 0.6) is 0 Å². The van der Waals surface area contributed by atoms with Crippen LogP contribution in [0.15, 0.2) is 18.2 Å². The normalized spacial score (nSPS) is 19.9. The van der Waals surface area contributed by atoms with Crippen molar-refractivity contribution in [3.63, 3.8) is 0 Å². The highest BCUT2D eigenvalue weighted by Crippen LogP contribution is 2.18. The summed E-state index contributed by atoms with van der Waals surface area (Å²) in [5.74, 6) is 0.130. The summed E-state index contributed by atoms with van der Waals surface area (Å²) in [4.78, 5) is 14.5. The molecule has 2 N–H and O–H groups in total. The third kappa shape index (κ3) is 3.38. The fourth-order valence-corrected chi connectivity index (χ4v) is 2.79. The van der Waals surface area contributed by atoms with Crippen LogP contribution >= 0.6 is 0 Å². The lowest BCUT2D eigenvalue weighted by Crippen LogP contribution is -2.57. The Morgan fingerprint density at radius 1 is 1.40 bits per heavy atom. The molecule has 0 spiro atoms. The summed E-state index contributed by atoms with van der Waals surface area (Å²) >= 11 is 0. The molecule has 1 aromatic carbocycles. The van der Waals surface area contributed by atoms with Crippen LogP contribution in [-0.4, -0.2) is 43.0 Å². The zero-order chi connectivity index (χ0) is 14.5. The van der Waals surface area contributed by atoms with E-state index in [1.54, 1.807) is 0 Å². The summed E-state index contributed by atoms with van der Waals surface area (Å²) < 4.78 is 0. The Kier molecular flexibility index (Phi) is 5.15. The predicted octanol–water partition coefficient (Wildman–Crippen LogP) is 1.21. The van der Waals surface area contributed by atoms with Crippen LogP contribution in [-0.2, 0) is 11.3 Å². The van der Waals surface area contributed by atoms with E-state index >= 15 is 0 Å². The molecule has 4 nitrogen and oxygen atoms in total. The second-order valence-electron chi connectivity index (χ2n) is 5.46. The zero-order valence-electron chi connectivity index (χ0n) is 12.7. The summed E-state index contributed by atoms with van der Waals surface area (Å²) in [5, 5.41) is 6.26. The first-order chi connectivity index (χ1) is 9.63. The maximum absolute atomic E-state index is 12.2. The molecular formula is C16H25N3O. The molecule has 1 amide bonds. The van der Waals surface area contributed by atoms with Crippen LogP contribution in [0.4, 0.5) is 0 Å². The summed E-state index contributed by atoms with van der Waals surface area (Å²) in [6.07, 6.45) is 0. The van der Waals surface area contributed by atoms with Crippen molar-refractivity contribution in [1.29, 1.82) is 0 Å². The van der Waals surface area contributed by atoms with Gasteiger partial charge in [0.05, 0.1) is 0 Å². The molecule has 2 rings (SSSR count). The minimum Gasteiger partial charge on any atom is -0.355 e. The largest absolute Gasteiger partial charge is 0.355 e. The van der Waals surface area contributed by atoms with Crippen molar-refractivity contribution >= 4 is 5.91 Å². The monoisotopic (exact) mass is 275 g/mol. The van der Waals surface area contributed by atoms with Crippen LogP contribution in [0, 0.1) is 13.8 Å². The Morgan fingerprint density at radius 3 is 2.75 bits per heavy atom. The first-order valence-corrected chi connectivity index (χ1v) is 7.41. The van der Waals surface area contributed by atoms with Gasteiger partial charge < -0.3 is 10.6 Å². The summed E-state index contributed by atoms with van der Waals surface area (Å²) in [6.45, 7) is 10.4. The van der Waals surface area contributed by atoms with Gasteiger partial charge in [-0.3, -0.25) is 9.69 Å². The zero-order valence-corrected chi connectivity index (χ0v) is 12.7. The van der Waals surface area contributed by atoms with Crippen molar-refractivity contribution in [2.45, 2.75) is 33.4 Å². The predicted molar refractivity (Wildman–Crippen MR) is 81.7 cm³/mol. The van der Waals surface area contributed by atoms with E-state index in [4.69, 9.17) is 0 Å². The molecule has 0 saturated carbocycles. The number of benzene rings is 1. The van der Waals surface area contributed by atoms with E-state index in [-0.39, 0.29) is 11.9 Å². The molecule has 0 bridgehead atoms. The molecule has 1 saturated heterocycles. The van der Waals surface area contributed by atoms with Gasteiger partial charge in [-0.25, -0.2) is 0 Å². The maximum atomic E-state index is 12.2. The number of nitrogens with one attached hydrogen (secondary N) is 2.